The lowest BCUT2D eigenvalue weighted by molar-refractivity contribution is 0.750. The summed E-state index contributed by atoms with van der Waals surface area (Å²) in [6, 6.07) is 10.5. The van der Waals surface area contributed by atoms with E-state index in [9.17, 15) is 0 Å². The fourth-order valence-electron chi connectivity index (χ4n) is 1.89. The standard InChI is InChI=1S/C15H20N2S/c1-11(2)9-18-10-13-8-12-6-4-5-7-14(12)17-15(13)16-3/h4-8,11H,9-10H2,1-3H3,(H,16,17). The van der Waals surface area contributed by atoms with Gasteiger partial charge in [-0.1, -0.05) is 32.0 Å². The van der Waals surface area contributed by atoms with Gasteiger partial charge >= 0.3 is 0 Å². The lowest BCUT2D eigenvalue weighted by Gasteiger charge is -2.10. The van der Waals surface area contributed by atoms with Crippen molar-refractivity contribution in [1.82, 2.24) is 4.98 Å². The second-order valence-corrected chi connectivity index (χ2v) is 5.88. The van der Waals surface area contributed by atoms with Gasteiger partial charge in [0.25, 0.3) is 0 Å². The molecule has 1 aromatic carbocycles. The highest BCUT2D eigenvalue weighted by Crippen LogP contribution is 2.24. The van der Waals surface area contributed by atoms with Crippen molar-refractivity contribution in [3.8, 4) is 0 Å². The van der Waals surface area contributed by atoms with E-state index < -0.39 is 0 Å². The number of anilines is 1. The number of fused-ring (bicyclic) bond motifs is 1. The van der Waals surface area contributed by atoms with Gasteiger partial charge in [-0.3, -0.25) is 0 Å². The van der Waals surface area contributed by atoms with E-state index in [0.29, 0.717) is 0 Å². The number of rotatable bonds is 5. The van der Waals surface area contributed by atoms with Crippen molar-refractivity contribution < 1.29 is 0 Å². The van der Waals surface area contributed by atoms with Crippen LogP contribution in [0.1, 0.15) is 19.4 Å². The first kappa shape index (κ1) is 13.2. The van der Waals surface area contributed by atoms with Crippen LogP contribution < -0.4 is 5.32 Å². The molecule has 2 aromatic rings. The quantitative estimate of drug-likeness (QED) is 0.873. The minimum Gasteiger partial charge on any atom is -0.373 e. The number of hydrogen-bond donors (Lipinski definition) is 1. The first-order chi connectivity index (χ1) is 8.70. The maximum absolute atomic E-state index is 4.67. The van der Waals surface area contributed by atoms with E-state index >= 15 is 0 Å². The summed E-state index contributed by atoms with van der Waals surface area (Å²) in [5, 5.41) is 4.42. The molecule has 2 nitrogen and oxygen atoms in total. The Morgan fingerprint density at radius 2 is 2.06 bits per heavy atom. The molecule has 0 saturated heterocycles. The SMILES string of the molecule is CNc1nc2ccccc2cc1CSCC(C)C. The van der Waals surface area contributed by atoms with Crippen LogP contribution in [-0.4, -0.2) is 17.8 Å². The summed E-state index contributed by atoms with van der Waals surface area (Å²) in [7, 11) is 1.94. The van der Waals surface area contributed by atoms with Crippen molar-refractivity contribution in [2.45, 2.75) is 19.6 Å². The van der Waals surface area contributed by atoms with Crippen LogP contribution in [0.3, 0.4) is 0 Å². The molecule has 1 heterocycles. The van der Waals surface area contributed by atoms with Crippen molar-refractivity contribution in [2.24, 2.45) is 5.92 Å². The average molecular weight is 260 g/mol. The average Bonchev–Trinajstić information content (AvgIpc) is 2.37. The van der Waals surface area contributed by atoms with Crippen molar-refractivity contribution in [3.05, 3.63) is 35.9 Å². The molecule has 96 valence electrons. The van der Waals surface area contributed by atoms with Crippen LogP contribution in [0.2, 0.25) is 0 Å². The molecule has 0 aliphatic rings. The van der Waals surface area contributed by atoms with E-state index in [2.05, 4.69) is 48.4 Å². The number of thioether (sulfide) groups is 1. The van der Waals surface area contributed by atoms with Gasteiger partial charge in [-0.15, -0.1) is 0 Å². The summed E-state index contributed by atoms with van der Waals surface area (Å²) in [5.74, 6) is 3.95. The number of pyridine rings is 1. The fourth-order valence-corrected chi connectivity index (χ4v) is 2.92. The zero-order chi connectivity index (χ0) is 13.0. The zero-order valence-corrected chi connectivity index (χ0v) is 12.1. The third-order valence-electron chi connectivity index (χ3n) is 2.75. The highest BCUT2D eigenvalue weighted by atomic mass is 32.2. The predicted molar refractivity (Wildman–Crippen MR) is 82.3 cm³/mol. The zero-order valence-electron chi connectivity index (χ0n) is 11.2. The van der Waals surface area contributed by atoms with Gasteiger partial charge in [0, 0.05) is 23.8 Å². The summed E-state index contributed by atoms with van der Waals surface area (Å²) < 4.78 is 0. The summed E-state index contributed by atoms with van der Waals surface area (Å²) in [6.45, 7) is 4.51. The van der Waals surface area contributed by atoms with Crippen LogP contribution in [0.15, 0.2) is 30.3 Å². The van der Waals surface area contributed by atoms with Crippen molar-refractivity contribution >= 4 is 28.5 Å². The van der Waals surface area contributed by atoms with Gasteiger partial charge in [0.15, 0.2) is 0 Å². The van der Waals surface area contributed by atoms with E-state index in [1.165, 1.54) is 16.7 Å². The van der Waals surface area contributed by atoms with Gasteiger partial charge in [0.05, 0.1) is 5.52 Å². The first-order valence-electron chi connectivity index (χ1n) is 6.35. The third kappa shape index (κ3) is 3.16. The van der Waals surface area contributed by atoms with Gasteiger partial charge in [-0.2, -0.15) is 11.8 Å². The van der Waals surface area contributed by atoms with E-state index in [1.807, 2.05) is 24.9 Å². The Hall–Kier alpha value is -1.22. The van der Waals surface area contributed by atoms with Gasteiger partial charge in [0.1, 0.15) is 5.82 Å². The molecule has 1 aromatic heterocycles. The molecule has 0 aliphatic heterocycles. The van der Waals surface area contributed by atoms with E-state index in [1.54, 1.807) is 0 Å². The van der Waals surface area contributed by atoms with Gasteiger partial charge in [-0.05, 0) is 23.8 Å². The largest absolute Gasteiger partial charge is 0.373 e. The molecule has 0 spiro atoms. The Kier molecular flexibility index (Phi) is 4.48. The Balaban J connectivity index is 2.24. The molecular weight excluding hydrogens is 240 g/mol. The molecule has 0 atom stereocenters. The molecule has 0 radical (unpaired) electrons. The van der Waals surface area contributed by atoms with Crippen LogP contribution in [-0.2, 0) is 5.75 Å². The van der Waals surface area contributed by atoms with Crippen molar-refractivity contribution in [3.63, 3.8) is 0 Å². The molecule has 3 heteroatoms. The number of aromatic nitrogens is 1. The third-order valence-corrected chi connectivity index (χ3v) is 4.17. The molecule has 18 heavy (non-hydrogen) atoms. The summed E-state index contributed by atoms with van der Waals surface area (Å²) in [4.78, 5) is 4.67. The van der Waals surface area contributed by atoms with E-state index in [0.717, 1.165) is 23.0 Å². The highest BCUT2D eigenvalue weighted by Gasteiger charge is 2.06. The predicted octanol–water partition coefficient (Wildman–Crippen LogP) is 4.17. The van der Waals surface area contributed by atoms with Crippen LogP contribution >= 0.6 is 11.8 Å². The lowest BCUT2D eigenvalue weighted by Crippen LogP contribution is -1.99. The second-order valence-electron chi connectivity index (χ2n) is 4.85. The van der Waals surface area contributed by atoms with Crippen LogP contribution in [0, 0.1) is 5.92 Å². The monoisotopic (exact) mass is 260 g/mol. The molecule has 2 rings (SSSR count). The Morgan fingerprint density at radius 3 is 2.78 bits per heavy atom. The van der Waals surface area contributed by atoms with Gasteiger partial charge < -0.3 is 5.32 Å². The Bertz CT molecular complexity index is 523. The van der Waals surface area contributed by atoms with Crippen LogP contribution in [0.25, 0.3) is 10.9 Å². The van der Waals surface area contributed by atoms with Crippen LogP contribution in [0.4, 0.5) is 5.82 Å². The molecule has 0 aliphatic carbocycles. The van der Waals surface area contributed by atoms with Crippen molar-refractivity contribution in [1.29, 1.82) is 0 Å². The number of para-hydroxylation sites is 1. The molecule has 0 saturated carbocycles. The lowest BCUT2D eigenvalue weighted by atomic mass is 10.1. The molecule has 0 amide bonds. The maximum Gasteiger partial charge on any atom is 0.130 e. The molecule has 1 N–H and O–H groups in total. The normalized spacial score (nSPS) is 11.1. The Labute approximate surface area is 113 Å². The molecule has 0 bridgehead atoms. The second kappa shape index (κ2) is 6.10. The summed E-state index contributed by atoms with van der Waals surface area (Å²) in [6.07, 6.45) is 0. The topological polar surface area (TPSA) is 24.9 Å². The first-order valence-corrected chi connectivity index (χ1v) is 7.50. The number of hydrogen-bond acceptors (Lipinski definition) is 3. The smallest absolute Gasteiger partial charge is 0.130 e. The summed E-state index contributed by atoms with van der Waals surface area (Å²) >= 11 is 1.97. The van der Waals surface area contributed by atoms with E-state index in [-0.39, 0.29) is 0 Å². The maximum atomic E-state index is 4.67. The minimum atomic E-state index is 0.737. The number of benzene rings is 1. The molecular formula is C15H20N2S. The summed E-state index contributed by atoms with van der Waals surface area (Å²) in [5.41, 5.74) is 2.35. The van der Waals surface area contributed by atoms with E-state index in [4.69, 9.17) is 0 Å². The fraction of sp³-hybridized carbons (Fsp3) is 0.400. The number of nitrogens with one attached hydrogen (secondary N) is 1. The van der Waals surface area contributed by atoms with Gasteiger partial charge in [-0.25, -0.2) is 4.98 Å². The molecule has 0 unspecified atom stereocenters. The van der Waals surface area contributed by atoms with Crippen molar-refractivity contribution in [2.75, 3.05) is 18.1 Å². The highest BCUT2D eigenvalue weighted by molar-refractivity contribution is 7.98. The molecule has 0 fully saturated rings. The Morgan fingerprint density at radius 1 is 1.28 bits per heavy atom. The van der Waals surface area contributed by atoms with Crippen LogP contribution in [0.5, 0.6) is 0 Å². The minimum absolute atomic E-state index is 0.737. The number of nitrogens with zero attached hydrogens (tertiary/aromatic N) is 1. The van der Waals surface area contributed by atoms with Gasteiger partial charge in [0.2, 0.25) is 0 Å².